The molecule has 0 saturated carbocycles. The van der Waals surface area contributed by atoms with Gasteiger partial charge in [0.15, 0.2) is 0 Å². The summed E-state index contributed by atoms with van der Waals surface area (Å²) in [6.07, 6.45) is 0.973. The van der Waals surface area contributed by atoms with Crippen LogP contribution in [0.25, 0.3) is 0 Å². The minimum atomic E-state index is -4.20. The number of benzene rings is 4. The van der Waals surface area contributed by atoms with E-state index in [1.807, 2.05) is 81.4 Å². The van der Waals surface area contributed by atoms with Gasteiger partial charge in [-0.05, 0) is 55.7 Å². The molecule has 0 heterocycles. The second-order valence-electron chi connectivity index (χ2n) is 11.1. The van der Waals surface area contributed by atoms with Crippen LogP contribution in [0.5, 0.6) is 5.75 Å². The van der Waals surface area contributed by atoms with Crippen LogP contribution in [0.4, 0.5) is 5.69 Å². The summed E-state index contributed by atoms with van der Waals surface area (Å²) < 4.78 is 34.8. The highest BCUT2D eigenvalue weighted by Gasteiger charge is 2.35. The van der Waals surface area contributed by atoms with Crippen molar-refractivity contribution < 1.29 is 22.7 Å². The number of nitrogens with one attached hydrogen (secondary N) is 1. The van der Waals surface area contributed by atoms with Crippen LogP contribution >= 0.6 is 0 Å². The van der Waals surface area contributed by atoms with Crippen LogP contribution in [0.1, 0.15) is 37.0 Å². The summed E-state index contributed by atoms with van der Waals surface area (Å²) in [6, 6.07) is 31.0. The van der Waals surface area contributed by atoms with Gasteiger partial charge in [-0.15, -0.1) is 0 Å². The number of anilines is 1. The molecule has 2 amide bonds. The van der Waals surface area contributed by atoms with Crippen LogP contribution in [-0.4, -0.2) is 50.9 Å². The molecule has 4 aromatic rings. The largest absolute Gasteiger partial charge is 0.497 e. The molecule has 45 heavy (non-hydrogen) atoms. The third kappa shape index (κ3) is 8.73. The van der Waals surface area contributed by atoms with E-state index in [1.165, 1.54) is 24.1 Å². The van der Waals surface area contributed by atoms with Crippen molar-refractivity contribution in [2.75, 3.05) is 18.0 Å². The van der Waals surface area contributed by atoms with Crippen molar-refractivity contribution >= 4 is 27.5 Å². The number of sulfonamides is 1. The van der Waals surface area contributed by atoms with Gasteiger partial charge in [-0.1, -0.05) is 91.3 Å². The number of rotatable bonds is 14. The maximum Gasteiger partial charge on any atom is 0.264 e. The first-order valence-electron chi connectivity index (χ1n) is 15.0. The first-order chi connectivity index (χ1) is 21.6. The molecule has 236 valence electrons. The number of aryl methyl sites for hydroxylation is 1. The zero-order chi connectivity index (χ0) is 32.4. The Morgan fingerprint density at radius 2 is 1.47 bits per heavy atom. The van der Waals surface area contributed by atoms with Gasteiger partial charge in [-0.3, -0.25) is 13.9 Å². The first-order valence-corrected chi connectivity index (χ1v) is 16.5. The summed E-state index contributed by atoms with van der Waals surface area (Å²) in [5.41, 5.74) is 2.87. The third-order valence-electron chi connectivity index (χ3n) is 7.70. The van der Waals surface area contributed by atoms with E-state index in [9.17, 15) is 18.0 Å². The summed E-state index contributed by atoms with van der Waals surface area (Å²) >= 11 is 0. The Labute approximate surface area is 266 Å². The molecule has 0 fully saturated rings. The van der Waals surface area contributed by atoms with Crippen molar-refractivity contribution in [1.29, 1.82) is 0 Å². The molecule has 0 radical (unpaired) electrons. The maximum absolute atomic E-state index is 14.5. The topological polar surface area (TPSA) is 96.0 Å². The molecule has 9 heteroatoms. The van der Waals surface area contributed by atoms with Gasteiger partial charge in [-0.2, -0.15) is 0 Å². The number of hydrogen-bond acceptors (Lipinski definition) is 5. The van der Waals surface area contributed by atoms with Crippen LogP contribution in [0.15, 0.2) is 114 Å². The van der Waals surface area contributed by atoms with Gasteiger partial charge in [0.1, 0.15) is 18.3 Å². The van der Waals surface area contributed by atoms with Crippen molar-refractivity contribution in [1.82, 2.24) is 10.2 Å². The normalized spacial score (nSPS) is 12.5. The highest BCUT2D eigenvalue weighted by atomic mass is 32.2. The second-order valence-corrected chi connectivity index (χ2v) is 12.9. The van der Waals surface area contributed by atoms with Gasteiger partial charge in [0, 0.05) is 25.1 Å². The molecule has 8 nitrogen and oxygen atoms in total. The smallest absolute Gasteiger partial charge is 0.264 e. The van der Waals surface area contributed by atoms with Gasteiger partial charge in [0.2, 0.25) is 11.8 Å². The average Bonchev–Trinajstić information content (AvgIpc) is 3.06. The van der Waals surface area contributed by atoms with Crippen LogP contribution in [0.3, 0.4) is 0 Å². The number of hydrogen-bond donors (Lipinski definition) is 1. The Balaban J connectivity index is 1.80. The molecule has 0 aliphatic heterocycles. The number of carbonyl (C=O) groups is 2. The fraction of sp³-hybridized carbons (Fsp3) is 0.278. The van der Waals surface area contributed by atoms with Gasteiger partial charge in [-0.25, -0.2) is 8.42 Å². The molecule has 4 rings (SSSR count). The zero-order valence-electron chi connectivity index (χ0n) is 26.2. The van der Waals surface area contributed by atoms with Crippen LogP contribution < -0.4 is 14.4 Å². The molecular weight excluding hydrogens is 586 g/mol. The monoisotopic (exact) mass is 627 g/mol. The van der Waals surface area contributed by atoms with E-state index >= 15 is 0 Å². The van der Waals surface area contributed by atoms with E-state index in [0.717, 1.165) is 27.4 Å². The second kappa shape index (κ2) is 15.4. The Kier molecular flexibility index (Phi) is 11.4. The van der Waals surface area contributed by atoms with E-state index < -0.39 is 28.5 Å². The molecule has 1 N–H and O–H groups in total. The maximum atomic E-state index is 14.5. The highest BCUT2D eigenvalue weighted by Crippen LogP contribution is 2.28. The standard InChI is InChI=1S/C36H41N3O5S/c1-5-28(3)37-36(41)34(23-29-13-8-6-9-14-29)38(25-30-15-10-7-11-16-30)35(40)26-39(31-17-12-18-32(24-31)44-4)45(42,43)33-21-19-27(2)20-22-33/h6-22,24,28,34H,5,23,25-26H2,1-4H3,(H,37,41)/t28-,34-/m1/s1. The molecule has 0 aliphatic carbocycles. The summed E-state index contributed by atoms with van der Waals surface area (Å²) in [7, 11) is -2.70. The lowest BCUT2D eigenvalue weighted by molar-refractivity contribution is -0.140. The van der Waals surface area contributed by atoms with E-state index in [-0.39, 0.29) is 35.5 Å². The summed E-state index contributed by atoms with van der Waals surface area (Å²) in [5, 5.41) is 3.05. The lowest BCUT2D eigenvalue weighted by atomic mass is 10.0. The third-order valence-corrected chi connectivity index (χ3v) is 9.49. The zero-order valence-corrected chi connectivity index (χ0v) is 27.0. The Morgan fingerprint density at radius 1 is 0.844 bits per heavy atom. The summed E-state index contributed by atoms with van der Waals surface area (Å²) in [5.74, 6) is -0.371. The van der Waals surface area contributed by atoms with E-state index in [0.29, 0.717) is 5.75 Å². The molecular formula is C36H41N3O5S. The summed E-state index contributed by atoms with van der Waals surface area (Å²) in [4.78, 5) is 30.0. The highest BCUT2D eigenvalue weighted by molar-refractivity contribution is 7.92. The predicted octanol–water partition coefficient (Wildman–Crippen LogP) is 5.75. The lowest BCUT2D eigenvalue weighted by Crippen LogP contribution is -2.54. The van der Waals surface area contributed by atoms with Crippen molar-refractivity contribution in [3.63, 3.8) is 0 Å². The number of nitrogens with zero attached hydrogens (tertiary/aromatic N) is 2. The summed E-state index contributed by atoms with van der Waals surface area (Å²) in [6.45, 7) is 5.35. The number of ether oxygens (including phenoxy) is 1. The molecule has 2 atom stereocenters. The van der Waals surface area contributed by atoms with Crippen molar-refractivity contribution in [2.24, 2.45) is 0 Å². The van der Waals surface area contributed by atoms with Crippen molar-refractivity contribution in [2.45, 2.75) is 57.1 Å². The molecule has 0 spiro atoms. The van der Waals surface area contributed by atoms with Crippen molar-refractivity contribution in [3.8, 4) is 5.75 Å². The number of amides is 2. The van der Waals surface area contributed by atoms with Crippen molar-refractivity contribution in [3.05, 3.63) is 126 Å². The molecule has 0 bridgehead atoms. The van der Waals surface area contributed by atoms with Crippen LogP contribution in [-0.2, 0) is 32.6 Å². The number of methoxy groups -OCH3 is 1. The minimum absolute atomic E-state index is 0.0497. The van der Waals surface area contributed by atoms with E-state index in [2.05, 4.69) is 5.32 Å². The van der Waals surface area contributed by atoms with Gasteiger partial charge < -0.3 is 15.0 Å². The molecule has 0 aliphatic rings. The fourth-order valence-corrected chi connectivity index (χ4v) is 6.31. The Hall–Kier alpha value is -4.63. The van der Waals surface area contributed by atoms with E-state index in [1.54, 1.807) is 36.4 Å². The van der Waals surface area contributed by atoms with Gasteiger partial charge in [0.25, 0.3) is 10.0 Å². The quantitative estimate of drug-likeness (QED) is 0.192. The minimum Gasteiger partial charge on any atom is -0.497 e. The molecule has 0 saturated heterocycles. The Morgan fingerprint density at radius 3 is 2.07 bits per heavy atom. The average molecular weight is 628 g/mol. The fourth-order valence-electron chi connectivity index (χ4n) is 4.91. The van der Waals surface area contributed by atoms with Crippen LogP contribution in [0.2, 0.25) is 0 Å². The van der Waals surface area contributed by atoms with Crippen LogP contribution in [0, 0.1) is 6.92 Å². The van der Waals surface area contributed by atoms with Gasteiger partial charge >= 0.3 is 0 Å². The number of carbonyl (C=O) groups excluding carboxylic acids is 2. The van der Waals surface area contributed by atoms with Gasteiger partial charge in [0.05, 0.1) is 17.7 Å². The first kappa shape index (κ1) is 33.3. The SMILES string of the molecule is CC[C@@H](C)NC(=O)[C@@H](Cc1ccccc1)N(Cc1ccccc1)C(=O)CN(c1cccc(OC)c1)S(=O)(=O)c1ccc(C)cc1. The molecule has 0 aromatic heterocycles. The predicted molar refractivity (Wildman–Crippen MR) is 178 cm³/mol. The molecule has 0 unspecified atom stereocenters. The Bertz CT molecular complexity index is 1660. The lowest BCUT2D eigenvalue weighted by Gasteiger charge is -2.34. The molecule has 4 aromatic carbocycles. The van der Waals surface area contributed by atoms with E-state index in [4.69, 9.17) is 4.74 Å².